The number of carbonyl (C=O) groups is 1. The SMILES string of the molecule is O=C(C=Cc1ccc2c(c1)OCO2)NCc1ccc(F)cc1. The van der Waals surface area contributed by atoms with Gasteiger partial charge in [0.15, 0.2) is 11.5 Å². The molecule has 4 nitrogen and oxygen atoms in total. The lowest BCUT2D eigenvalue weighted by molar-refractivity contribution is -0.116. The zero-order valence-electron chi connectivity index (χ0n) is 11.7. The van der Waals surface area contributed by atoms with Crippen molar-refractivity contribution in [1.82, 2.24) is 5.32 Å². The highest BCUT2D eigenvalue weighted by Crippen LogP contribution is 2.32. The zero-order valence-corrected chi connectivity index (χ0v) is 11.7. The standard InChI is InChI=1S/C17H14FNO3/c18-14-5-1-13(2-6-14)10-19-17(20)8-4-12-3-7-15-16(9-12)22-11-21-15/h1-9H,10-11H2,(H,19,20). The first-order valence-corrected chi connectivity index (χ1v) is 6.81. The first kappa shape index (κ1) is 14.1. The molecule has 0 saturated heterocycles. The predicted octanol–water partition coefficient (Wildman–Crippen LogP) is 2.88. The number of ether oxygens (including phenoxy) is 2. The molecule has 0 aromatic heterocycles. The largest absolute Gasteiger partial charge is 0.454 e. The zero-order chi connectivity index (χ0) is 15.4. The smallest absolute Gasteiger partial charge is 0.244 e. The lowest BCUT2D eigenvalue weighted by Gasteiger charge is -2.02. The molecule has 0 unspecified atom stereocenters. The Kier molecular flexibility index (Phi) is 4.05. The van der Waals surface area contributed by atoms with E-state index in [9.17, 15) is 9.18 Å². The van der Waals surface area contributed by atoms with Crippen molar-refractivity contribution < 1.29 is 18.7 Å². The highest BCUT2D eigenvalue weighted by Gasteiger charge is 2.12. The molecule has 0 radical (unpaired) electrons. The normalized spacial score (nSPS) is 12.6. The van der Waals surface area contributed by atoms with Crippen molar-refractivity contribution in [3.05, 3.63) is 65.5 Å². The lowest BCUT2D eigenvalue weighted by Crippen LogP contribution is -2.20. The number of nitrogens with one attached hydrogen (secondary N) is 1. The fraction of sp³-hybridized carbons (Fsp3) is 0.118. The van der Waals surface area contributed by atoms with Crippen LogP contribution < -0.4 is 14.8 Å². The molecule has 22 heavy (non-hydrogen) atoms. The summed E-state index contributed by atoms with van der Waals surface area (Å²) in [7, 11) is 0. The van der Waals surface area contributed by atoms with Crippen LogP contribution >= 0.6 is 0 Å². The number of rotatable bonds is 4. The van der Waals surface area contributed by atoms with Crippen molar-refractivity contribution in [2.24, 2.45) is 0 Å². The maximum absolute atomic E-state index is 12.8. The highest BCUT2D eigenvalue weighted by molar-refractivity contribution is 5.91. The molecule has 1 aliphatic rings. The summed E-state index contributed by atoms with van der Waals surface area (Å²) >= 11 is 0. The van der Waals surface area contributed by atoms with Crippen LogP contribution in [0.25, 0.3) is 6.08 Å². The number of benzene rings is 2. The van der Waals surface area contributed by atoms with E-state index < -0.39 is 0 Å². The first-order valence-electron chi connectivity index (χ1n) is 6.81. The van der Waals surface area contributed by atoms with Crippen LogP contribution in [0.15, 0.2) is 48.5 Å². The molecule has 3 rings (SSSR count). The molecule has 5 heteroatoms. The number of hydrogen-bond donors (Lipinski definition) is 1. The van der Waals surface area contributed by atoms with Gasteiger partial charge in [-0.15, -0.1) is 0 Å². The Labute approximate surface area is 127 Å². The van der Waals surface area contributed by atoms with Gasteiger partial charge in [-0.25, -0.2) is 4.39 Å². The van der Waals surface area contributed by atoms with Crippen molar-refractivity contribution in [1.29, 1.82) is 0 Å². The molecule has 2 aromatic rings. The van der Waals surface area contributed by atoms with E-state index in [0.717, 1.165) is 11.1 Å². The molecule has 112 valence electrons. The van der Waals surface area contributed by atoms with E-state index in [1.165, 1.54) is 18.2 Å². The Morgan fingerprint density at radius 1 is 1.14 bits per heavy atom. The molecule has 0 spiro atoms. The van der Waals surface area contributed by atoms with Gasteiger partial charge in [0.05, 0.1) is 0 Å². The molecule has 1 N–H and O–H groups in total. The second kappa shape index (κ2) is 6.30. The summed E-state index contributed by atoms with van der Waals surface area (Å²) < 4.78 is 23.3. The molecule has 0 bridgehead atoms. The number of halogens is 1. The van der Waals surface area contributed by atoms with Crippen molar-refractivity contribution in [3.8, 4) is 11.5 Å². The van der Waals surface area contributed by atoms with Gasteiger partial charge >= 0.3 is 0 Å². The molecule has 0 saturated carbocycles. The quantitative estimate of drug-likeness (QED) is 0.883. The monoisotopic (exact) mass is 299 g/mol. The third-order valence-corrected chi connectivity index (χ3v) is 3.20. The van der Waals surface area contributed by atoms with Gasteiger partial charge in [0.25, 0.3) is 0 Å². The van der Waals surface area contributed by atoms with Gasteiger partial charge in [-0.1, -0.05) is 18.2 Å². The van der Waals surface area contributed by atoms with E-state index in [4.69, 9.17) is 9.47 Å². The summed E-state index contributed by atoms with van der Waals surface area (Å²) in [5.41, 5.74) is 1.69. The fourth-order valence-corrected chi connectivity index (χ4v) is 2.04. The van der Waals surface area contributed by atoms with Crippen LogP contribution in [0.4, 0.5) is 4.39 Å². The van der Waals surface area contributed by atoms with Gasteiger partial charge in [0.2, 0.25) is 12.7 Å². The van der Waals surface area contributed by atoms with E-state index in [0.29, 0.717) is 18.0 Å². The molecule has 2 aromatic carbocycles. The minimum atomic E-state index is -0.294. The Hall–Kier alpha value is -2.82. The lowest BCUT2D eigenvalue weighted by atomic mass is 10.2. The number of amides is 1. The molecule has 0 aliphatic carbocycles. The molecule has 1 aliphatic heterocycles. The topological polar surface area (TPSA) is 47.6 Å². The summed E-state index contributed by atoms with van der Waals surface area (Å²) in [6.07, 6.45) is 3.14. The third-order valence-electron chi connectivity index (χ3n) is 3.20. The minimum absolute atomic E-state index is 0.220. The Bertz CT molecular complexity index is 710. The molecular weight excluding hydrogens is 285 g/mol. The first-order chi connectivity index (χ1) is 10.7. The second-order valence-electron chi connectivity index (χ2n) is 4.79. The van der Waals surface area contributed by atoms with E-state index >= 15 is 0 Å². The number of fused-ring (bicyclic) bond motifs is 1. The Balaban J connectivity index is 1.56. The van der Waals surface area contributed by atoms with Crippen LogP contribution in [0.3, 0.4) is 0 Å². The minimum Gasteiger partial charge on any atom is -0.454 e. The van der Waals surface area contributed by atoms with Gasteiger partial charge in [0.1, 0.15) is 5.82 Å². The van der Waals surface area contributed by atoms with E-state index in [2.05, 4.69) is 5.32 Å². The fourth-order valence-electron chi connectivity index (χ4n) is 2.04. The van der Waals surface area contributed by atoms with E-state index in [1.54, 1.807) is 24.3 Å². The molecule has 1 heterocycles. The number of carbonyl (C=O) groups excluding carboxylic acids is 1. The van der Waals surface area contributed by atoms with Crippen molar-refractivity contribution in [3.63, 3.8) is 0 Å². The third kappa shape index (κ3) is 3.44. The van der Waals surface area contributed by atoms with Crippen LogP contribution in [-0.2, 0) is 11.3 Å². The summed E-state index contributed by atoms with van der Waals surface area (Å²) in [5.74, 6) is 0.867. The van der Waals surface area contributed by atoms with Gasteiger partial charge in [-0.05, 0) is 41.5 Å². The van der Waals surface area contributed by atoms with E-state index in [1.807, 2.05) is 12.1 Å². The molecule has 0 fully saturated rings. The van der Waals surface area contributed by atoms with Crippen LogP contribution in [0.1, 0.15) is 11.1 Å². The molecule has 0 atom stereocenters. The van der Waals surface area contributed by atoms with Crippen LogP contribution in [0.5, 0.6) is 11.5 Å². The summed E-state index contributed by atoms with van der Waals surface area (Å²) in [6, 6.07) is 11.5. The Morgan fingerprint density at radius 2 is 1.91 bits per heavy atom. The van der Waals surface area contributed by atoms with Crippen LogP contribution in [0.2, 0.25) is 0 Å². The molecule has 1 amide bonds. The van der Waals surface area contributed by atoms with Gasteiger partial charge < -0.3 is 14.8 Å². The second-order valence-corrected chi connectivity index (χ2v) is 4.79. The summed E-state index contributed by atoms with van der Waals surface area (Å²) in [6.45, 7) is 0.575. The van der Waals surface area contributed by atoms with Crippen LogP contribution in [0, 0.1) is 5.82 Å². The van der Waals surface area contributed by atoms with Crippen molar-refractivity contribution >= 4 is 12.0 Å². The average molecular weight is 299 g/mol. The predicted molar refractivity (Wildman–Crippen MR) is 79.8 cm³/mol. The summed E-state index contributed by atoms with van der Waals surface area (Å²) in [5, 5.41) is 2.74. The average Bonchev–Trinajstić information content (AvgIpc) is 3.00. The maximum Gasteiger partial charge on any atom is 0.244 e. The highest BCUT2D eigenvalue weighted by atomic mass is 19.1. The van der Waals surface area contributed by atoms with Gasteiger partial charge in [0, 0.05) is 12.6 Å². The number of hydrogen-bond acceptors (Lipinski definition) is 3. The van der Waals surface area contributed by atoms with Gasteiger partial charge in [-0.2, -0.15) is 0 Å². The van der Waals surface area contributed by atoms with E-state index in [-0.39, 0.29) is 18.5 Å². The maximum atomic E-state index is 12.8. The van der Waals surface area contributed by atoms with Crippen molar-refractivity contribution in [2.75, 3.05) is 6.79 Å². The van der Waals surface area contributed by atoms with Gasteiger partial charge in [-0.3, -0.25) is 4.79 Å². The van der Waals surface area contributed by atoms with Crippen molar-refractivity contribution in [2.45, 2.75) is 6.54 Å². The van der Waals surface area contributed by atoms with Crippen LogP contribution in [-0.4, -0.2) is 12.7 Å². The summed E-state index contributed by atoms with van der Waals surface area (Å²) in [4.78, 5) is 11.8. The molecular formula is C17H14FNO3. The Morgan fingerprint density at radius 3 is 2.73 bits per heavy atom.